The highest BCUT2D eigenvalue weighted by Gasteiger charge is 2.26. The smallest absolute Gasteiger partial charge is 0.269 e. The van der Waals surface area contributed by atoms with Crippen LogP contribution in [0.1, 0.15) is 37.5 Å². The molecule has 1 heterocycles. The van der Waals surface area contributed by atoms with E-state index in [1.807, 2.05) is 43.3 Å². The molecule has 0 atom stereocenters. The maximum Gasteiger partial charge on any atom is 0.269 e. The summed E-state index contributed by atoms with van der Waals surface area (Å²) >= 11 is 0. The number of nitrogens with two attached hydrogens (primary N) is 1. The minimum atomic E-state index is -0.377. The van der Waals surface area contributed by atoms with Crippen molar-refractivity contribution in [2.45, 2.75) is 39.8 Å². The SMILES string of the molecule is C/C(Nc1ccc(CN(CCc2ccc([N+](=O)[O-])cc2)C(C)C)cc1)=C1/C(=O)Nc2ccc(N)cc21. The third-order valence-corrected chi connectivity index (χ3v) is 6.40. The lowest BCUT2D eigenvalue weighted by Gasteiger charge is -2.26. The molecule has 3 aromatic rings. The molecular formula is C28H31N5O3. The van der Waals surface area contributed by atoms with E-state index in [2.05, 4.69) is 41.5 Å². The van der Waals surface area contributed by atoms with Gasteiger partial charge < -0.3 is 16.4 Å². The van der Waals surface area contributed by atoms with E-state index in [0.29, 0.717) is 17.3 Å². The lowest BCUT2D eigenvalue weighted by atomic mass is 10.0. The van der Waals surface area contributed by atoms with Gasteiger partial charge in [0, 0.05) is 59.6 Å². The standard InChI is InChI=1S/C28H31N5O3/c1-18(2)32(15-14-20-6-11-24(12-7-20)33(35)36)17-21-4-9-23(10-5-21)30-19(3)27-25-16-22(29)8-13-26(25)31-28(27)34/h4-13,16,18,30H,14-15,17,29H2,1-3H3,(H,31,34)/b27-19-. The van der Waals surface area contributed by atoms with Crippen molar-refractivity contribution in [1.29, 1.82) is 0 Å². The zero-order chi connectivity index (χ0) is 25.8. The summed E-state index contributed by atoms with van der Waals surface area (Å²) in [5.74, 6) is -0.141. The highest BCUT2D eigenvalue weighted by atomic mass is 16.6. The van der Waals surface area contributed by atoms with Crippen LogP contribution in [0.15, 0.2) is 72.4 Å². The highest BCUT2D eigenvalue weighted by molar-refractivity contribution is 6.32. The van der Waals surface area contributed by atoms with Gasteiger partial charge in [-0.25, -0.2) is 0 Å². The van der Waals surface area contributed by atoms with Gasteiger partial charge in [0.05, 0.1) is 10.5 Å². The Kier molecular flexibility index (Phi) is 7.36. The number of nitro benzene ring substituents is 1. The van der Waals surface area contributed by atoms with E-state index in [4.69, 9.17) is 5.73 Å². The minimum absolute atomic E-state index is 0.112. The zero-order valence-corrected chi connectivity index (χ0v) is 20.7. The van der Waals surface area contributed by atoms with Crippen LogP contribution in [0.3, 0.4) is 0 Å². The van der Waals surface area contributed by atoms with E-state index in [9.17, 15) is 14.9 Å². The van der Waals surface area contributed by atoms with Crippen LogP contribution in [0.5, 0.6) is 0 Å². The first-order valence-corrected chi connectivity index (χ1v) is 12.0. The number of nitrogen functional groups attached to an aromatic ring is 1. The molecule has 0 aromatic heterocycles. The molecule has 0 radical (unpaired) electrons. The number of carbonyl (C=O) groups is 1. The van der Waals surface area contributed by atoms with Crippen LogP contribution in [0.25, 0.3) is 5.57 Å². The van der Waals surface area contributed by atoms with Crippen molar-refractivity contribution < 1.29 is 9.72 Å². The van der Waals surface area contributed by atoms with Crippen molar-refractivity contribution in [2.24, 2.45) is 0 Å². The number of nitrogens with zero attached hydrogens (tertiary/aromatic N) is 2. The summed E-state index contributed by atoms with van der Waals surface area (Å²) in [7, 11) is 0. The Bertz CT molecular complexity index is 1300. The summed E-state index contributed by atoms with van der Waals surface area (Å²) in [4.78, 5) is 25.4. The quantitative estimate of drug-likeness (QED) is 0.161. The number of hydrogen-bond acceptors (Lipinski definition) is 6. The first-order chi connectivity index (χ1) is 17.2. The van der Waals surface area contributed by atoms with E-state index in [0.717, 1.165) is 47.7 Å². The predicted molar refractivity (Wildman–Crippen MR) is 144 cm³/mol. The zero-order valence-electron chi connectivity index (χ0n) is 20.7. The van der Waals surface area contributed by atoms with Crippen LogP contribution in [0.2, 0.25) is 0 Å². The Morgan fingerprint density at radius 1 is 1.06 bits per heavy atom. The summed E-state index contributed by atoms with van der Waals surface area (Å²) in [6.45, 7) is 7.86. The Labute approximate surface area is 211 Å². The van der Waals surface area contributed by atoms with E-state index >= 15 is 0 Å². The molecule has 186 valence electrons. The molecule has 36 heavy (non-hydrogen) atoms. The van der Waals surface area contributed by atoms with Crippen molar-refractivity contribution in [3.8, 4) is 0 Å². The molecule has 8 nitrogen and oxygen atoms in total. The fourth-order valence-electron chi connectivity index (χ4n) is 4.34. The number of allylic oxidation sites excluding steroid dienone is 1. The summed E-state index contributed by atoms with van der Waals surface area (Å²) in [6, 6.07) is 20.7. The molecule has 0 aliphatic carbocycles. The third-order valence-electron chi connectivity index (χ3n) is 6.40. The van der Waals surface area contributed by atoms with E-state index in [1.165, 1.54) is 5.56 Å². The fourth-order valence-corrected chi connectivity index (χ4v) is 4.34. The largest absolute Gasteiger partial charge is 0.399 e. The molecule has 4 N–H and O–H groups in total. The van der Waals surface area contributed by atoms with Gasteiger partial charge in [-0.05, 0) is 68.7 Å². The molecule has 1 aliphatic rings. The molecular weight excluding hydrogens is 454 g/mol. The van der Waals surface area contributed by atoms with Crippen LogP contribution in [-0.4, -0.2) is 28.3 Å². The maximum absolute atomic E-state index is 12.5. The van der Waals surface area contributed by atoms with Crippen molar-refractivity contribution in [3.63, 3.8) is 0 Å². The number of rotatable bonds is 9. The number of amides is 1. The second-order valence-corrected chi connectivity index (χ2v) is 9.32. The number of carbonyl (C=O) groups excluding carboxylic acids is 1. The number of benzene rings is 3. The number of anilines is 3. The van der Waals surface area contributed by atoms with Gasteiger partial charge in [-0.15, -0.1) is 0 Å². The third kappa shape index (κ3) is 5.72. The number of non-ortho nitro benzene ring substituents is 1. The second kappa shape index (κ2) is 10.6. The van der Waals surface area contributed by atoms with Gasteiger partial charge in [-0.2, -0.15) is 0 Å². The van der Waals surface area contributed by atoms with E-state index < -0.39 is 0 Å². The minimum Gasteiger partial charge on any atom is -0.399 e. The van der Waals surface area contributed by atoms with Crippen LogP contribution in [0.4, 0.5) is 22.7 Å². The van der Waals surface area contributed by atoms with Gasteiger partial charge >= 0.3 is 0 Å². The number of nitrogens with one attached hydrogen (secondary N) is 2. The fraction of sp³-hybridized carbons (Fsp3) is 0.250. The molecule has 3 aromatic carbocycles. The molecule has 0 saturated heterocycles. The first kappa shape index (κ1) is 24.9. The van der Waals surface area contributed by atoms with Crippen molar-refractivity contribution in [3.05, 3.63) is 99.2 Å². The molecule has 0 saturated carbocycles. The molecule has 8 heteroatoms. The lowest BCUT2D eigenvalue weighted by molar-refractivity contribution is -0.384. The average Bonchev–Trinajstić information content (AvgIpc) is 3.17. The number of nitro groups is 1. The average molecular weight is 486 g/mol. The molecule has 0 fully saturated rings. The van der Waals surface area contributed by atoms with Gasteiger partial charge in [-0.1, -0.05) is 24.3 Å². The Morgan fingerprint density at radius 2 is 1.72 bits per heavy atom. The molecule has 1 amide bonds. The molecule has 0 spiro atoms. The Balaban J connectivity index is 1.40. The normalized spacial score (nSPS) is 14.1. The van der Waals surface area contributed by atoms with Gasteiger partial charge in [-0.3, -0.25) is 19.8 Å². The summed E-state index contributed by atoms with van der Waals surface area (Å²) in [5.41, 5.74) is 12.7. The van der Waals surface area contributed by atoms with Crippen LogP contribution >= 0.6 is 0 Å². The van der Waals surface area contributed by atoms with Crippen molar-refractivity contribution >= 4 is 34.2 Å². The molecule has 0 bridgehead atoms. The van der Waals surface area contributed by atoms with E-state index in [1.54, 1.807) is 18.2 Å². The molecule has 1 aliphatic heterocycles. The Morgan fingerprint density at radius 3 is 2.36 bits per heavy atom. The monoisotopic (exact) mass is 485 g/mol. The van der Waals surface area contributed by atoms with Crippen molar-refractivity contribution in [1.82, 2.24) is 4.90 Å². The number of hydrogen-bond donors (Lipinski definition) is 3. The van der Waals surface area contributed by atoms with Crippen LogP contribution in [0, 0.1) is 10.1 Å². The summed E-state index contributed by atoms with van der Waals surface area (Å²) in [6.07, 6.45) is 0.816. The summed E-state index contributed by atoms with van der Waals surface area (Å²) in [5, 5.41) is 17.1. The van der Waals surface area contributed by atoms with Gasteiger partial charge in [0.2, 0.25) is 0 Å². The Hall–Kier alpha value is -4.17. The topological polar surface area (TPSA) is 114 Å². The second-order valence-electron chi connectivity index (χ2n) is 9.32. The highest BCUT2D eigenvalue weighted by Crippen LogP contribution is 2.35. The predicted octanol–water partition coefficient (Wildman–Crippen LogP) is 5.43. The molecule has 4 rings (SSSR count). The van der Waals surface area contributed by atoms with Gasteiger partial charge in [0.1, 0.15) is 0 Å². The van der Waals surface area contributed by atoms with Gasteiger partial charge in [0.25, 0.3) is 11.6 Å². The number of fused-ring (bicyclic) bond motifs is 1. The van der Waals surface area contributed by atoms with E-state index in [-0.39, 0.29) is 16.5 Å². The lowest BCUT2D eigenvalue weighted by Crippen LogP contribution is -2.32. The summed E-state index contributed by atoms with van der Waals surface area (Å²) < 4.78 is 0. The van der Waals surface area contributed by atoms with Crippen LogP contribution < -0.4 is 16.4 Å². The van der Waals surface area contributed by atoms with Crippen LogP contribution in [-0.2, 0) is 17.8 Å². The van der Waals surface area contributed by atoms with Gasteiger partial charge in [0.15, 0.2) is 0 Å². The maximum atomic E-state index is 12.5. The first-order valence-electron chi connectivity index (χ1n) is 12.0. The molecule has 0 unspecified atom stereocenters. The van der Waals surface area contributed by atoms with Crippen molar-refractivity contribution in [2.75, 3.05) is 22.9 Å².